The third kappa shape index (κ3) is 5.11. The minimum atomic E-state index is -1.97. The van der Waals surface area contributed by atoms with Gasteiger partial charge in [-0.1, -0.05) is 13.8 Å². The molecule has 0 aromatic carbocycles. The van der Waals surface area contributed by atoms with Crippen molar-refractivity contribution in [3.8, 4) is 0 Å². The Hall–Kier alpha value is 0.0569. The van der Waals surface area contributed by atoms with E-state index in [4.69, 9.17) is 18.3 Å². The van der Waals surface area contributed by atoms with Gasteiger partial charge in [0.25, 0.3) is 0 Å². The van der Waals surface area contributed by atoms with Crippen LogP contribution in [-0.4, -0.2) is 48.2 Å². The van der Waals surface area contributed by atoms with Gasteiger partial charge in [0.15, 0.2) is 0 Å². The van der Waals surface area contributed by atoms with Crippen molar-refractivity contribution >= 4 is 8.56 Å². The Bertz CT molecular complexity index is 245. The van der Waals surface area contributed by atoms with Gasteiger partial charge in [0.05, 0.1) is 19.8 Å². The molecule has 0 aliphatic carbocycles. The maximum absolute atomic E-state index is 5.96. The molecule has 1 aliphatic heterocycles. The van der Waals surface area contributed by atoms with Crippen molar-refractivity contribution in [3.63, 3.8) is 0 Å². The Morgan fingerprint density at radius 1 is 1.05 bits per heavy atom. The van der Waals surface area contributed by atoms with Crippen molar-refractivity contribution in [3.05, 3.63) is 0 Å². The summed E-state index contributed by atoms with van der Waals surface area (Å²) in [6.07, 6.45) is 2.17. The van der Waals surface area contributed by atoms with E-state index in [2.05, 4.69) is 27.7 Å². The molecule has 5 heteroatoms. The Kier molecular flexibility index (Phi) is 8.29. The zero-order valence-electron chi connectivity index (χ0n) is 13.7. The van der Waals surface area contributed by atoms with Crippen LogP contribution in [0.5, 0.6) is 0 Å². The van der Waals surface area contributed by atoms with Crippen LogP contribution < -0.4 is 0 Å². The van der Waals surface area contributed by atoms with E-state index < -0.39 is 8.56 Å². The third-order valence-electron chi connectivity index (χ3n) is 4.17. The van der Waals surface area contributed by atoms with Gasteiger partial charge >= 0.3 is 8.56 Å². The summed E-state index contributed by atoms with van der Waals surface area (Å²) >= 11 is 0. The highest BCUT2D eigenvalue weighted by Gasteiger charge is 2.37. The maximum atomic E-state index is 5.96. The lowest BCUT2D eigenvalue weighted by Gasteiger charge is -2.40. The van der Waals surface area contributed by atoms with Gasteiger partial charge in [-0.25, -0.2) is 0 Å². The molecule has 0 saturated carbocycles. The van der Waals surface area contributed by atoms with Gasteiger partial charge in [-0.15, -0.1) is 0 Å². The quantitative estimate of drug-likeness (QED) is 0.409. The molecule has 4 nitrogen and oxygen atoms in total. The summed E-state index contributed by atoms with van der Waals surface area (Å²) in [6, 6.07) is 2.04. The van der Waals surface area contributed by atoms with Crippen molar-refractivity contribution in [1.82, 2.24) is 0 Å². The Morgan fingerprint density at radius 3 is 2.10 bits per heavy atom. The molecule has 1 rings (SSSR count). The monoisotopic (exact) mass is 304 g/mol. The van der Waals surface area contributed by atoms with Gasteiger partial charge in [-0.3, -0.25) is 0 Å². The first kappa shape index (κ1) is 18.1. The lowest BCUT2D eigenvalue weighted by molar-refractivity contribution is -0.150. The van der Waals surface area contributed by atoms with Crippen LogP contribution in [0.1, 0.15) is 40.5 Å². The predicted molar refractivity (Wildman–Crippen MR) is 83.3 cm³/mol. The van der Waals surface area contributed by atoms with Gasteiger partial charge in [0.2, 0.25) is 0 Å². The second kappa shape index (κ2) is 9.15. The van der Waals surface area contributed by atoms with Crippen molar-refractivity contribution in [1.29, 1.82) is 0 Å². The highest BCUT2D eigenvalue weighted by atomic mass is 28.4. The molecule has 0 bridgehead atoms. The fraction of sp³-hybridized carbons (Fsp3) is 1.00. The van der Waals surface area contributed by atoms with E-state index in [9.17, 15) is 0 Å². The van der Waals surface area contributed by atoms with Crippen molar-refractivity contribution in [2.45, 2.75) is 52.6 Å². The number of rotatable bonds is 12. The molecule has 0 spiro atoms. The molecule has 1 fully saturated rings. The zero-order valence-corrected chi connectivity index (χ0v) is 14.7. The highest BCUT2D eigenvalue weighted by molar-refractivity contribution is 6.67. The lowest BCUT2D eigenvalue weighted by Crippen LogP contribution is -2.46. The summed E-state index contributed by atoms with van der Waals surface area (Å²) in [4.78, 5) is 0. The van der Waals surface area contributed by atoms with E-state index in [1.165, 1.54) is 0 Å². The maximum Gasteiger partial charge on any atom is 0.337 e. The molecule has 1 heterocycles. The minimum Gasteiger partial charge on any atom is -0.394 e. The average Bonchev–Trinajstić information content (AvgIpc) is 2.41. The van der Waals surface area contributed by atoms with E-state index in [0.717, 1.165) is 64.6 Å². The van der Waals surface area contributed by atoms with Crippen LogP contribution >= 0.6 is 0 Å². The normalized spacial score (nSPS) is 18.0. The molecule has 1 aliphatic rings. The summed E-state index contributed by atoms with van der Waals surface area (Å²) < 4.78 is 23.1. The van der Waals surface area contributed by atoms with Crippen LogP contribution in [0.4, 0.5) is 0 Å². The largest absolute Gasteiger partial charge is 0.394 e. The molecule has 0 N–H and O–H groups in total. The van der Waals surface area contributed by atoms with E-state index in [-0.39, 0.29) is 0 Å². The van der Waals surface area contributed by atoms with Crippen molar-refractivity contribution < 1.29 is 18.3 Å². The number of ether oxygens (including phenoxy) is 2. The Morgan fingerprint density at radius 2 is 1.70 bits per heavy atom. The molecule has 120 valence electrons. The summed E-state index contributed by atoms with van der Waals surface area (Å²) in [7, 11) is -1.97. The van der Waals surface area contributed by atoms with Crippen LogP contribution in [0.15, 0.2) is 0 Å². The molecule has 0 aromatic rings. The number of hydrogen-bond donors (Lipinski definition) is 0. The standard InChI is InChI=1S/C15H32O4Si/c1-5-15(13-17-14-15)12-16-10-9-11-20(8-4,18-6-2)19-7-3/h5-14H2,1-4H3. The topological polar surface area (TPSA) is 36.9 Å². The molecule has 0 atom stereocenters. The van der Waals surface area contributed by atoms with E-state index in [0.29, 0.717) is 5.41 Å². The van der Waals surface area contributed by atoms with Gasteiger partial charge in [-0.2, -0.15) is 0 Å². The fourth-order valence-corrected chi connectivity index (χ4v) is 5.47. The van der Waals surface area contributed by atoms with Crippen LogP contribution in [0.25, 0.3) is 0 Å². The molecule has 0 amide bonds. The van der Waals surface area contributed by atoms with Crippen LogP contribution in [0.3, 0.4) is 0 Å². The number of hydrogen-bond acceptors (Lipinski definition) is 4. The molecular formula is C15H32O4Si. The smallest absolute Gasteiger partial charge is 0.337 e. The van der Waals surface area contributed by atoms with Gasteiger partial charge in [0.1, 0.15) is 0 Å². The second-order valence-electron chi connectivity index (χ2n) is 5.63. The van der Waals surface area contributed by atoms with E-state index in [1.807, 2.05) is 0 Å². The van der Waals surface area contributed by atoms with E-state index in [1.54, 1.807) is 0 Å². The first-order valence-corrected chi connectivity index (χ1v) is 10.3. The zero-order chi connectivity index (χ0) is 14.9. The lowest BCUT2D eigenvalue weighted by atomic mass is 9.84. The van der Waals surface area contributed by atoms with Gasteiger partial charge in [-0.05, 0) is 38.8 Å². The Balaban J connectivity index is 2.22. The molecule has 0 unspecified atom stereocenters. The summed E-state index contributed by atoms with van der Waals surface area (Å²) in [6.45, 7) is 13.3. The Labute approximate surface area is 125 Å². The molecule has 20 heavy (non-hydrogen) atoms. The van der Waals surface area contributed by atoms with Crippen LogP contribution in [0.2, 0.25) is 12.1 Å². The van der Waals surface area contributed by atoms with Crippen molar-refractivity contribution in [2.24, 2.45) is 5.41 Å². The van der Waals surface area contributed by atoms with Crippen LogP contribution in [0, 0.1) is 5.41 Å². The second-order valence-corrected chi connectivity index (χ2v) is 9.24. The molecule has 0 radical (unpaired) electrons. The van der Waals surface area contributed by atoms with Crippen molar-refractivity contribution in [2.75, 3.05) is 39.6 Å². The minimum absolute atomic E-state index is 0.291. The SMILES string of the molecule is CCO[Si](CC)(CCCOCC1(CC)COC1)OCC. The predicted octanol–water partition coefficient (Wildman–Crippen LogP) is 3.35. The first-order valence-electron chi connectivity index (χ1n) is 8.09. The molecular weight excluding hydrogens is 272 g/mol. The third-order valence-corrected chi connectivity index (χ3v) is 8.00. The highest BCUT2D eigenvalue weighted by Crippen LogP contribution is 2.31. The van der Waals surface area contributed by atoms with Gasteiger partial charge in [0, 0.05) is 25.2 Å². The van der Waals surface area contributed by atoms with Crippen LogP contribution in [-0.2, 0) is 18.3 Å². The van der Waals surface area contributed by atoms with E-state index >= 15 is 0 Å². The summed E-state index contributed by atoms with van der Waals surface area (Å²) in [5.41, 5.74) is 0.291. The summed E-state index contributed by atoms with van der Waals surface area (Å²) in [5, 5.41) is 0. The molecule has 0 aromatic heterocycles. The fourth-order valence-electron chi connectivity index (χ4n) is 2.61. The van der Waals surface area contributed by atoms with Gasteiger partial charge < -0.3 is 18.3 Å². The first-order chi connectivity index (χ1) is 9.66. The molecule has 1 saturated heterocycles. The summed E-state index contributed by atoms with van der Waals surface area (Å²) in [5.74, 6) is 0. The average molecular weight is 305 g/mol.